The van der Waals surface area contributed by atoms with Crippen LogP contribution in [-0.4, -0.2) is 28.3 Å². The van der Waals surface area contributed by atoms with Crippen LogP contribution in [-0.2, 0) is 9.47 Å². The molecule has 1 aromatic rings. The van der Waals surface area contributed by atoms with Crippen LogP contribution in [0.1, 0.15) is 37.2 Å². The van der Waals surface area contributed by atoms with Gasteiger partial charge in [-0.05, 0) is 49.3 Å². The topological polar surface area (TPSA) is 18.5 Å². The maximum atomic E-state index is 13.0. The Morgan fingerprint density at radius 3 is 2.38 bits per heavy atom. The first-order valence-electron chi connectivity index (χ1n) is 8.30. The van der Waals surface area contributed by atoms with Crippen molar-refractivity contribution in [2.24, 2.45) is 0 Å². The quantitative estimate of drug-likeness (QED) is 0.780. The monoisotopic (exact) mass is 308 g/mol. The lowest BCUT2D eigenvalue weighted by Gasteiger charge is -2.29. The molecule has 1 aromatic carbocycles. The number of halogens is 1. The first-order chi connectivity index (χ1) is 10.3. The van der Waals surface area contributed by atoms with Crippen LogP contribution >= 0.6 is 0 Å². The first kappa shape index (κ1) is 15.2. The third-order valence-corrected chi connectivity index (χ3v) is 8.34. The van der Waals surface area contributed by atoms with Gasteiger partial charge < -0.3 is 9.47 Å². The van der Waals surface area contributed by atoms with Crippen LogP contribution in [0.4, 0.5) is 4.39 Å². The molecule has 2 nitrogen and oxygen atoms in total. The number of hydrogen-bond acceptors (Lipinski definition) is 2. The Morgan fingerprint density at radius 2 is 1.71 bits per heavy atom. The molecule has 0 N–H and O–H groups in total. The van der Waals surface area contributed by atoms with Gasteiger partial charge >= 0.3 is 0 Å². The van der Waals surface area contributed by atoms with Gasteiger partial charge in [0, 0.05) is 8.80 Å². The fraction of sp³-hybridized carbons (Fsp3) is 0.647. The Bertz CT molecular complexity index is 423. The van der Waals surface area contributed by atoms with E-state index in [4.69, 9.17) is 9.47 Å². The molecule has 0 aromatic heterocycles. The molecule has 0 unspecified atom stereocenters. The van der Waals surface area contributed by atoms with Crippen molar-refractivity contribution in [2.45, 2.75) is 56.0 Å². The van der Waals surface area contributed by atoms with E-state index < -0.39 is 8.80 Å². The molecule has 2 fully saturated rings. The summed E-state index contributed by atoms with van der Waals surface area (Å²) in [5.41, 5.74) is 1.32. The van der Waals surface area contributed by atoms with E-state index in [0.29, 0.717) is 5.92 Å². The maximum Gasteiger partial charge on any atom is 0.157 e. The fourth-order valence-electron chi connectivity index (χ4n) is 3.59. The predicted molar refractivity (Wildman–Crippen MR) is 84.9 cm³/mol. The zero-order valence-electron chi connectivity index (χ0n) is 12.6. The van der Waals surface area contributed by atoms with Crippen molar-refractivity contribution >= 4 is 8.80 Å². The van der Waals surface area contributed by atoms with Gasteiger partial charge in [0.2, 0.25) is 0 Å². The van der Waals surface area contributed by atoms with E-state index in [-0.39, 0.29) is 12.1 Å². The van der Waals surface area contributed by atoms with Crippen LogP contribution < -0.4 is 0 Å². The summed E-state index contributed by atoms with van der Waals surface area (Å²) in [7, 11) is -0.603. The lowest BCUT2D eigenvalue weighted by molar-refractivity contribution is -0.178. The van der Waals surface area contributed by atoms with Crippen molar-refractivity contribution < 1.29 is 13.9 Å². The Balaban J connectivity index is 1.41. The summed E-state index contributed by atoms with van der Waals surface area (Å²) in [6, 6.07) is 11.3. The molecule has 0 atom stereocenters. The van der Waals surface area contributed by atoms with Crippen molar-refractivity contribution in [3.63, 3.8) is 0 Å². The second-order valence-electron chi connectivity index (χ2n) is 6.37. The normalized spacial score (nSPS) is 27.7. The molecule has 0 saturated carbocycles. The Kier molecular flexibility index (Phi) is 5.44. The second kappa shape index (κ2) is 7.52. The van der Waals surface area contributed by atoms with Crippen molar-refractivity contribution in [3.05, 3.63) is 35.6 Å². The van der Waals surface area contributed by atoms with E-state index in [1.165, 1.54) is 36.5 Å². The highest BCUT2D eigenvalue weighted by molar-refractivity contribution is 6.59. The molecule has 0 bridgehead atoms. The zero-order chi connectivity index (χ0) is 14.5. The van der Waals surface area contributed by atoms with Crippen molar-refractivity contribution in [1.29, 1.82) is 0 Å². The van der Waals surface area contributed by atoms with E-state index in [0.717, 1.165) is 26.1 Å². The lowest BCUT2D eigenvalue weighted by atomic mass is 9.93. The molecular weight excluding hydrogens is 283 g/mol. The van der Waals surface area contributed by atoms with Gasteiger partial charge in [-0.25, -0.2) is 4.39 Å². The molecule has 2 aliphatic heterocycles. The molecule has 0 spiro atoms. The summed E-state index contributed by atoms with van der Waals surface area (Å²) >= 11 is 0. The minimum Gasteiger partial charge on any atom is -0.353 e. The van der Waals surface area contributed by atoms with Gasteiger partial charge in [-0.15, -0.1) is 0 Å². The molecule has 0 aliphatic carbocycles. The molecule has 116 valence electrons. The third-order valence-electron chi connectivity index (χ3n) is 4.89. The van der Waals surface area contributed by atoms with E-state index in [2.05, 4.69) is 0 Å². The highest BCUT2D eigenvalue weighted by atomic mass is 28.3. The zero-order valence-corrected chi connectivity index (χ0v) is 13.8. The van der Waals surface area contributed by atoms with Crippen LogP contribution in [0.3, 0.4) is 0 Å². The van der Waals surface area contributed by atoms with Crippen LogP contribution in [0.25, 0.3) is 0 Å². The summed E-state index contributed by atoms with van der Waals surface area (Å²) < 4.78 is 24.2. The fourth-order valence-corrected chi connectivity index (χ4v) is 6.95. The largest absolute Gasteiger partial charge is 0.353 e. The van der Waals surface area contributed by atoms with Gasteiger partial charge in [-0.1, -0.05) is 30.3 Å². The standard InChI is InChI=1S/C17H25FO2Si/c18-16-4-2-14(3-5-16)15-6-11-21(12-7-15)13-8-17-19-9-1-10-20-17/h2-5,15,17,21H,1,6-13H2. The van der Waals surface area contributed by atoms with Gasteiger partial charge in [-0.2, -0.15) is 0 Å². The van der Waals surface area contributed by atoms with Crippen LogP contribution in [0.2, 0.25) is 18.1 Å². The maximum absolute atomic E-state index is 13.0. The summed E-state index contributed by atoms with van der Waals surface area (Å²) in [4.78, 5) is 0. The minimum atomic E-state index is -0.603. The number of hydrogen-bond donors (Lipinski definition) is 0. The minimum absolute atomic E-state index is 0.0704. The average molecular weight is 308 g/mol. The van der Waals surface area contributed by atoms with Crippen LogP contribution in [0, 0.1) is 5.82 Å². The number of rotatable bonds is 4. The smallest absolute Gasteiger partial charge is 0.157 e. The third kappa shape index (κ3) is 4.38. The molecule has 0 radical (unpaired) electrons. The summed E-state index contributed by atoms with van der Waals surface area (Å²) in [6.07, 6.45) is 4.78. The molecule has 2 aliphatic rings. The van der Waals surface area contributed by atoms with Gasteiger partial charge in [-0.3, -0.25) is 0 Å². The van der Waals surface area contributed by atoms with E-state index in [1.807, 2.05) is 12.1 Å². The van der Waals surface area contributed by atoms with Gasteiger partial charge in [0.25, 0.3) is 0 Å². The van der Waals surface area contributed by atoms with Gasteiger partial charge in [0.15, 0.2) is 6.29 Å². The number of benzene rings is 1. The Morgan fingerprint density at radius 1 is 1.05 bits per heavy atom. The van der Waals surface area contributed by atoms with E-state index >= 15 is 0 Å². The highest BCUT2D eigenvalue weighted by Gasteiger charge is 2.24. The first-order valence-corrected chi connectivity index (χ1v) is 10.7. The van der Waals surface area contributed by atoms with Crippen LogP contribution in [0.15, 0.2) is 24.3 Å². The predicted octanol–water partition coefficient (Wildman–Crippen LogP) is 4.08. The van der Waals surface area contributed by atoms with Crippen LogP contribution in [0.5, 0.6) is 0 Å². The molecule has 2 saturated heterocycles. The van der Waals surface area contributed by atoms with Crippen molar-refractivity contribution in [2.75, 3.05) is 13.2 Å². The summed E-state index contributed by atoms with van der Waals surface area (Å²) in [5, 5.41) is 0. The molecule has 0 amide bonds. The Hall–Kier alpha value is -0.713. The summed E-state index contributed by atoms with van der Waals surface area (Å²) in [6.45, 7) is 1.73. The highest BCUT2D eigenvalue weighted by Crippen LogP contribution is 2.35. The van der Waals surface area contributed by atoms with Crippen molar-refractivity contribution in [3.8, 4) is 0 Å². The van der Waals surface area contributed by atoms with E-state index in [1.54, 1.807) is 12.1 Å². The van der Waals surface area contributed by atoms with E-state index in [9.17, 15) is 4.39 Å². The Labute approximate surface area is 128 Å². The van der Waals surface area contributed by atoms with Gasteiger partial charge in [0.1, 0.15) is 5.82 Å². The average Bonchev–Trinajstić information content (AvgIpc) is 2.55. The molecule has 4 heteroatoms. The lowest BCUT2D eigenvalue weighted by Crippen LogP contribution is -2.27. The molecular formula is C17H25FO2Si. The molecule has 21 heavy (non-hydrogen) atoms. The molecule has 2 heterocycles. The number of ether oxygens (including phenoxy) is 2. The summed E-state index contributed by atoms with van der Waals surface area (Å²) in [5.74, 6) is 0.519. The van der Waals surface area contributed by atoms with Crippen molar-refractivity contribution in [1.82, 2.24) is 0 Å². The molecule has 3 rings (SSSR count). The van der Waals surface area contributed by atoms with Gasteiger partial charge in [0.05, 0.1) is 13.2 Å². The second-order valence-corrected chi connectivity index (χ2v) is 9.84. The SMILES string of the molecule is Fc1ccc(C2CC[SiH](CCC3OCCCO3)CC2)cc1.